The molecule has 4 rings (SSSR count). The number of piperidine rings is 1. The van der Waals surface area contributed by atoms with Crippen LogP contribution in [0.2, 0.25) is 0 Å². The Morgan fingerprint density at radius 1 is 1.15 bits per heavy atom. The van der Waals surface area contributed by atoms with Crippen LogP contribution < -0.4 is 10.5 Å². The second-order valence-corrected chi connectivity index (χ2v) is 7.20. The molecule has 2 aromatic heterocycles. The number of fused-ring (bicyclic) bond motifs is 1. The van der Waals surface area contributed by atoms with Crippen molar-refractivity contribution in [3.05, 3.63) is 64.7 Å². The first-order valence-electron chi connectivity index (χ1n) is 9.30. The zero-order chi connectivity index (χ0) is 19.0. The van der Waals surface area contributed by atoms with E-state index in [-0.39, 0.29) is 17.5 Å². The van der Waals surface area contributed by atoms with Crippen molar-refractivity contribution < 1.29 is 4.79 Å². The summed E-state index contributed by atoms with van der Waals surface area (Å²) in [6, 6.07) is 12.4. The first kappa shape index (κ1) is 17.4. The van der Waals surface area contributed by atoms with Crippen LogP contribution in [0.15, 0.2) is 53.6 Å². The average Bonchev–Trinajstić information content (AvgIpc) is 3.20. The van der Waals surface area contributed by atoms with Gasteiger partial charge in [0.2, 0.25) is 0 Å². The molecule has 0 atom stereocenters. The highest BCUT2D eigenvalue weighted by molar-refractivity contribution is 6.05. The Bertz CT molecular complexity index is 1010. The van der Waals surface area contributed by atoms with E-state index in [0.29, 0.717) is 16.5 Å². The van der Waals surface area contributed by atoms with Crippen LogP contribution in [0.1, 0.15) is 23.2 Å². The summed E-state index contributed by atoms with van der Waals surface area (Å²) in [6.07, 6.45) is 5.22. The molecule has 1 fully saturated rings. The highest BCUT2D eigenvalue weighted by Crippen LogP contribution is 2.24. The molecule has 0 unspecified atom stereocenters. The Balaban J connectivity index is 1.52. The Morgan fingerprint density at radius 3 is 2.56 bits per heavy atom. The molecule has 0 bridgehead atoms. The van der Waals surface area contributed by atoms with Gasteiger partial charge in [0.1, 0.15) is 5.52 Å². The number of pyridine rings is 1. The summed E-state index contributed by atoms with van der Waals surface area (Å²) in [7, 11) is 3.55. The zero-order valence-electron chi connectivity index (χ0n) is 15.7. The van der Waals surface area contributed by atoms with Gasteiger partial charge in [-0.2, -0.15) is 0 Å². The predicted molar refractivity (Wildman–Crippen MR) is 107 cm³/mol. The van der Waals surface area contributed by atoms with Gasteiger partial charge in [-0.1, -0.05) is 18.2 Å². The van der Waals surface area contributed by atoms with Crippen molar-refractivity contribution in [1.82, 2.24) is 14.5 Å². The van der Waals surface area contributed by atoms with Crippen molar-refractivity contribution in [2.45, 2.75) is 18.9 Å². The van der Waals surface area contributed by atoms with Crippen molar-refractivity contribution in [2.24, 2.45) is 7.05 Å². The van der Waals surface area contributed by atoms with E-state index in [1.807, 2.05) is 18.0 Å². The summed E-state index contributed by atoms with van der Waals surface area (Å²) in [5.74, 6) is -0.0339. The maximum absolute atomic E-state index is 13.2. The molecule has 3 aromatic rings. The van der Waals surface area contributed by atoms with E-state index in [2.05, 4.69) is 34.1 Å². The van der Waals surface area contributed by atoms with E-state index < -0.39 is 0 Å². The molecule has 0 radical (unpaired) electrons. The summed E-state index contributed by atoms with van der Waals surface area (Å²) >= 11 is 0. The highest BCUT2D eigenvalue weighted by Gasteiger charge is 2.27. The number of nitrogens with zero attached hydrogens (tertiary/aromatic N) is 3. The first-order chi connectivity index (χ1) is 13.1. The van der Waals surface area contributed by atoms with Crippen LogP contribution in [0, 0.1) is 0 Å². The van der Waals surface area contributed by atoms with Gasteiger partial charge in [-0.25, -0.2) is 0 Å². The summed E-state index contributed by atoms with van der Waals surface area (Å²) in [5, 5.41) is 0.691. The van der Waals surface area contributed by atoms with Gasteiger partial charge in [0.05, 0.1) is 5.56 Å². The van der Waals surface area contributed by atoms with Crippen LogP contribution in [0.5, 0.6) is 0 Å². The zero-order valence-corrected chi connectivity index (χ0v) is 15.7. The van der Waals surface area contributed by atoms with E-state index in [4.69, 9.17) is 0 Å². The fourth-order valence-electron chi connectivity index (χ4n) is 3.95. The van der Waals surface area contributed by atoms with Gasteiger partial charge in [-0.3, -0.25) is 9.59 Å². The number of H-pyrrole nitrogens is 1. The topological polar surface area (TPSA) is 61.3 Å². The minimum absolute atomic E-state index is 0.0339. The van der Waals surface area contributed by atoms with Crippen LogP contribution in [0.3, 0.4) is 0 Å². The lowest BCUT2D eigenvalue weighted by atomic mass is 10.0. The van der Waals surface area contributed by atoms with Gasteiger partial charge < -0.3 is 19.4 Å². The minimum Gasteiger partial charge on any atom is -0.371 e. The van der Waals surface area contributed by atoms with Gasteiger partial charge in [0.15, 0.2) is 0 Å². The summed E-state index contributed by atoms with van der Waals surface area (Å²) in [4.78, 5) is 32.5. The maximum atomic E-state index is 13.2. The Hall–Kier alpha value is -3.02. The second kappa shape index (κ2) is 6.95. The van der Waals surface area contributed by atoms with Gasteiger partial charge >= 0.3 is 0 Å². The van der Waals surface area contributed by atoms with Crippen molar-refractivity contribution in [3.8, 4) is 0 Å². The number of carbonyl (C=O) groups excluding carboxylic acids is 1. The lowest BCUT2D eigenvalue weighted by Crippen LogP contribution is -2.45. The highest BCUT2D eigenvalue weighted by atomic mass is 16.2. The normalized spacial score (nSPS) is 15.3. The minimum atomic E-state index is -0.120. The number of aryl methyl sites for hydroxylation is 1. The van der Waals surface area contributed by atoms with E-state index in [9.17, 15) is 9.59 Å². The number of aromatic amines is 1. The molecule has 0 spiro atoms. The molecule has 6 heteroatoms. The van der Waals surface area contributed by atoms with Crippen LogP contribution in [0.25, 0.3) is 10.9 Å². The van der Waals surface area contributed by atoms with E-state index in [1.54, 1.807) is 25.5 Å². The lowest BCUT2D eigenvalue weighted by Gasteiger charge is -2.38. The quantitative estimate of drug-likeness (QED) is 0.777. The van der Waals surface area contributed by atoms with Crippen molar-refractivity contribution >= 4 is 22.5 Å². The van der Waals surface area contributed by atoms with Crippen molar-refractivity contribution in [1.29, 1.82) is 0 Å². The standard InChI is InChI=1S/C21H24N4O2/c1-23-14-18(17-8-11-22-19(17)21(23)27)20(26)24(2)15-9-12-25(13-10-15)16-6-4-3-5-7-16/h3-8,11,14-15,22H,9-10,12-13H2,1-2H3. The van der Waals surface area contributed by atoms with E-state index in [0.717, 1.165) is 25.9 Å². The van der Waals surface area contributed by atoms with Crippen molar-refractivity contribution in [3.63, 3.8) is 0 Å². The molecule has 27 heavy (non-hydrogen) atoms. The molecule has 1 amide bonds. The Labute approximate surface area is 158 Å². The molecule has 1 aliphatic heterocycles. The smallest absolute Gasteiger partial charge is 0.274 e. The molecule has 6 nitrogen and oxygen atoms in total. The summed E-state index contributed by atoms with van der Waals surface area (Å²) in [5.41, 5.74) is 2.17. The first-order valence-corrected chi connectivity index (χ1v) is 9.30. The number of hydrogen-bond donors (Lipinski definition) is 1. The average molecular weight is 364 g/mol. The molecule has 1 aromatic carbocycles. The third-order valence-corrected chi connectivity index (χ3v) is 5.58. The SMILES string of the molecule is CN(C(=O)c1cn(C)c(=O)c2[nH]ccc12)C1CCN(c2ccccc2)CC1. The number of benzene rings is 1. The molecule has 1 saturated heterocycles. The van der Waals surface area contributed by atoms with Crippen LogP contribution >= 0.6 is 0 Å². The van der Waals surface area contributed by atoms with E-state index >= 15 is 0 Å². The number of amides is 1. The number of aromatic nitrogens is 2. The fourth-order valence-corrected chi connectivity index (χ4v) is 3.95. The molecule has 0 saturated carbocycles. The van der Waals surface area contributed by atoms with Gasteiger partial charge in [-0.15, -0.1) is 0 Å². The van der Waals surface area contributed by atoms with Gasteiger partial charge in [0, 0.05) is 56.7 Å². The maximum Gasteiger partial charge on any atom is 0.274 e. The number of anilines is 1. The lowest BCUT2D eigenvalue weighted by molar-refractivity contribution is 0.0710. The summed E-state index contributed by atoms with van der Waals surface area (Å²) in [6.45, 7) is 1.86. The van der Waals surface area contributed by atoms with Gasteiger partial charge in [0.25, 0.3) is 11.5 Å². The molecular formula is C21H24N4O2. The molecule has 1 aliphatic rings. The molecule has 140 valence electrons. The molecule has 0 aliphatic carbocycles. The number of nitrogens with one attached hydrogen (secondary N) is 1. The monoisotopic (exact) mass is 364 g/mol. The van der Waals surface area contributed by atoms with Crippen LogP contribution in [-0.2, 0) is 7.05 Å². The third-order valence-electron chi connectivity index (χ3n) is 5.58. The number of para-hydroxylation sites is 1. The molecule has 1 N–H and O–H groups in total. The number of rotatable bonds is 3. The Kier molecular flexibility index (Phi) is 4.48. The molecular weight excluding hydrogens is 340 g/mol. The summed E-state index contributed by atoms with van der Waals surface area (Å²) < 4.78 is 1.47. The predicted octanol–water partition coefficient (Wildman–Crippen LogP) is 2.61. The largest absolute Gasteiger partial charge is 0.371 e. The molecule has 3 heterocycles. The van der Waals surface area contributed by atoms with Crippen LogP contribution in [-0.4, -0.2) is 46.5 Å². The van der Waals surface area contributed by atoms with Crippen molar-refractivity contribution in [2.75, 3.05) is 25.0 Å². The van der Waals surface area contributed by atoms with Crippen LogP contribution in [0.4, 0.5) is 5.69 Å². The number of hydrogen-bond acceptors (Lipinski definition) is 3. The van der Waals surface area contributed by atoms with E-state index in [1.165, 1.54) is 10.3 Å². The fraction of sp³-hybridized carbons (Fsp3) is 0.333. The third kappa shape index (κ3) is 3.12. The number of carbonyl (C=O) groups is 1. The van der Waals surface area contributed by atoms with Gasteiger partial charge in [-0.05, 0) is 31.0 Å². The second-order valence-electron chi connectivity index (χ2n) is 7.20. The Morgan fingerprint density at radius 2 is 1.85 bits per heavy atom.